The molecule has 2 aromatic rings. The van der Waals surface area contributed by atoms with E-state index in [1.54, 1.807) is 0 Å². The molecule has 1 atom stereocenters. The summed E-state index contributed by atoms with van der Waals surface area (Å²) >= 11 is 0. The highest BCUT2D eigenvalue weighted by Crippen LogP contribution is 2.26. The molecular formula is C22H32N6O. The molecular weight excluding hydrogens is 364 g/mol. The van der Waals surface area contributed by atoms with Crippen LogP contribution in [0.1, 0.15) is 47.1 Å². The van der Waals surface area contributed by atoms with Gasteiger partial charge >= 0.3 is 0 Å². The van der Waals surface area contributed by atoms with Gasteiger partial charge in [-0.3, -0.25) is 14.5 Å². The van der Waals surface area contributed by atoms with E-state index in [9.17, 15) is 4.79 Å². The molecule has 2 aromatic heterocycles. The van der Waals surface area contributed by atoms with E-state index in [0.717, 1.165) is 71.4 Å². The van der Waals surface area contributed by atoms with E-state index in [0.29, 0.717) is 11.7 Å². The summed E-state index contributed by atoms with van der Waals surface area (Å²) in [7, 11) is 0. The Balaban J connectivity index is 1.45. The number of nitrogens with zero attached hydrogens (tertiary/aromatic N) is 4. The number of aryl methyl sites for hydroxylation is 1. The van der Waals surface area contributed by atoms with E-state index >= 15 is 0 Å². The van der Waals surface area contributed by atoms with Gasteiger partial charge in [0.2, 0.25) is 0 Å². The van der Waals surface area contributed by atoms with Crippen LogP contribution in [0.3, 0.4) is 0 Å². The lowest BCUT2D eigenvalue weighted by Crippen LogP contribution is -2.47. The smallest absolute Gasteiger partial charge is 0.274 e. The lowest BCUT2D eigenvalue weighted by Gasteiger charge is -2.28. The van der Waals surface area contributed by atoms with Crippen LogP contribution in [0.5, 0.6) is 0 Å². The van der Waals surface area contributed by atoms with E-state index < -0.39 is 0 Å². The number of pyridine rings is 1. The molecule has 0 bridgehead atoms. The molecule has 7 heteroatoms. The number of hydrogen-bond acceptors (Lipinski definition) is 5. The Labute approximate surface area is 172 Å². The van der Waals surface area contributed by atoms with E-state index in [-0.39, 0.29) is 5.91 Å². The van der Waals surface area contributed by atoms with Gasteiger partial charge in [0.1, 0.15) is 0 Å². The Bertz CT molecular complexity index is 812. The molecule has 1 aliphatic heterocycles. The van der Waals surface area contributed by atoms with Crippen molar-refractivity contribution in [1.29, 1.82) is 0 Å². The first kappa shape index (κ1) is 20.0. The molecule has 0 radical (unpaired) electrons. The van der Waals surface area contributed by atoms with Crippen molar-refractivity contribution in [3.05, 3.63) is 47.0 Å². The van der Waals surface area contributed by atoms with Crippen molar-refractivity contribution in [3.8, 4) is 0 Å². The molecule has 156 valence electrons. The number of piperazine rings is 1. The maximum Gasteiger partial charge on any atom is 0.274 e. The largest absolute Gasteiger partial charge is 0.335 e. The summed E-state index contributed by atoms with van der Waals surface area (Å²) in [6.07, 6.45) is 8.69. The Hall–Kier alpha value is -2.25. The maximum atomic E-state index is 13.2. The van der Waals surface area contributed by atoms with Gasteiger partial charge in [0, 0.05) is 62.4 Å². The quantitative estimate of drug-likeness (QED) is 0.740. The Kier molecular flexibility index (Phi) is 6.56. The molecule has 0 spiro atoms. The lowest BCUT2D eigenvalue weighted by molar-refractivity contribution is 0.0727. The molecule has 2 aliphatic rings. The van der Waals surface area contributed by atoms with Gasteiger partial charge in [0.25, 0.3) is 5.91 Å². The predicted octanol–water partition coefficient (Wildman–Crippen LogP) is 1.42. The van der Waals surface area contributed by atoms with Gasteiger partial charge < -0.3 is 15.5 Å². The minimum Gasteiger partial charge on any atom is -0.335 e. The summed E-state index contributed by atoms with van der Waals surface area (Å²) in [5.74, 6) is 0.107. The number of rotatable bonds is 7. The lowest BCUT2D eigenvalue weighted by atomic mass is 9.90. The van der Waals surface area contributed by atoms with Gasteiger partial charge in [-0.1, -0.05) is 6.92 Å². The molecule has 0 saturated carbocycles. The molecule has 7 nitrogen and oxygen atoms in total. The molecule has 1 aliphatic carbocycles. The van der Waals surface area contributed by atoms with Crippen molar-refractivity contribution >= 4 is 5.91 Å². The third-order valence-corrected chi connectivity index (χ3v) is 5.98. The topological polar surface area (TPSA) is 75.1 Å². The highest BCUT2D eigenvalue weighted by atomic mass is 16.2. The van der Waals surface area contributed by atoms with Crippen LogP contribution in [0.2, 0.25) is 0 Å². The number of hydrogen-bond donors (Lipinski definition) is 2. The average Bonchev–Trinajstić information content (AvgIpc) is 3.13. The molecule has 3 heterocycles. The highest BCUT2D eigenvalue weighted by molar-refractivity contribution is 5.94. The fourth-order valence-electron chi connectivity index (χ4n) is 4.42. The highest BCUT2D eigenvalue weighted by Gasteiger charge is 2.31. The van der Waals surface area contributed by atoms with Crippen LogP contribution >= 0.6 is 0 Å². The first-order valence-electron chi connectivity index (χ1n) is 11.0. The number of carbonyl (C=O) groups excluding carboxylic acids is 1. The van der Waals surface area contributed by atoms with Gasteiger partial charge in [-0.2, -0.15) is 5.10 Å². The van der Waals surface area contributed by atoms with Crippen LogP contribution in [-0.4, -0.2) is 64.3 Å². The van der Waals surface area contributed by atoms with Crippen molar-refractivity contribution in [2.24, 2.45) is 0 Å². The number of carbonyl (C=O) groups is 1. The van der Waals surface area contributed by atoms with Crippen molar-refractivity contribution in [2.45, 2.75) is 51.6 Å². The second kappa shape index (κ2) is 9.50. The fraction of sp³-hybridized carbons (Fsp3) is 0.591. The predicted molar refractivity (Wildman–Crippen MR) is 113 cm³/mol. The van der Waals surface area contributed by atoms with Crippen LogP contribution in [-0.2, 0) is 25.8 Å². The summed E-state index contributed by atoms with van der Waals surface area (Å²) < 4.78 is 2.10. The molecule has 29 heavy (non-hydrogen) atoms. The summed E-state index contributed by atoms with van der Waals surface area (Å²) in [6, 6.07) is 4.54. The maximum absolute atomic E-state index is 13.2. The zero-order valence-corrected chi connectivity index (χ0v) is 17.4. The Morgan fingerprint density at radius 1 is 1.28 bits per heavy atom. The monoisotopic (exact) mass is 396 g/mol. The van der Waals surface area contributed by atoms with Crippen LogP contribution < -0.4 is 10.6 Å². The molecule has 1 amide bonds. The molecule has 1 unspecified atom stereocenters. The van der Waals surface area contributed by atoms with E-state index in [2.05, 4.69) is 39.4 Å². The van der Waals surface area contributed by atoms with Gasteiger partial charge in [-0.05, 0) is 56.3 Å². The van der Waals surface area contributed by atoms with Crippen molar-refractivity contribution in [2.75, 3.05) is 32.7 Å². The Morgan fingerprint density at radius 2 is 2.07 bits per heavy atom. The summed E-state index contributed by atoms with van der Waals surface area (Å²) in [4.78, 5) is 19.2. The molecule has 2 N–H and O–H groups in total. The van der Waals surface area contributed by atoms with Gasteiger partial charge in [-0.25, -0.2) is 0 Å². The number of fused-ring (bicyclic) bond motifs is 1. The molecule has 0 aromatic carbocycles. The molecule has 1 fully saturated rings. The minimum absolute atomic E-state index is 0.107. The van der Waals surface area contributed by atoms with E-state index in [4.69, 9.17) is 5.10 Å². The SMILES string of the molecule is CCCn1nc(C(=O)N2CCNCC2)c2c1CCC(NCCc1ccncc1)C2. The van der Waals surface area contributed by atoms with Crippen LogP contribution in [0.25, 0.3) is 0 Å². The first-order chi connectivity index (χ1) is 14.3. The average molecular weight is 397 g/mol. The second-order valence-electron chi connectivity index (χ2n) is 8.04. The zero-order valence-electron chi connectivity index (χ0n) is 17.4. The van der Waals surface area contributed by atoms with Crippen LogP contribution in [0.15, 0.2) is 24.5 Å². The first-order valence-corrected chi connectivity index (χ1v) is 11.0. The Morgan fingerprint density at radius 3 is 2.83 bits per heavy atom. The van der Waals surface area contributed by atoms with Crippen molar-refractivity contribution in [1.82, 2.24) is 30.3 Å². The van der Waals surface area contributed by atoms with Crippen molar-refractivity contribution in [3.63, 3.8) is 0 Å². The summed E-state index contributed by atoms with van der Waals surface area (Å²) in [5, 5.41) is 11.8. The van der Waals surface area contributed by atoms with Gasteiger partial charge in [0.05, 0.1) is 0 Å². The second-order valence-corrected chi connectivity index (χ2v) is 8.04. The van der Waals surface area contributed by atoms with Gasteiger partial charge in [0.15, 0.2) is 5.69 Å². The standard InChI is InChI=1S/C22H32N6O/c1-2-13-28-20-4-3-18(25-10-7-17-5-8-23-9-6-17)16-19(20)21(26-28)22(29)27-14-11-24-12-15-27/h5-6,8-9,18,24-25H,2-4,7,10-16H2,1H3. The van der Waals surface area contributed by atoms with Crippen LogP contribution in [0, 0.1) is 0 Å². The molecule has 1 saturated heterocycles. The normalized spacial score (nSPS) is 19.2. The van der Waals surface area contributed by atoms with Gasteiger partial charge in [-0.15, -0.1) is 0 Å². The van der Waals surface area contributed by atoms with Crippen molar-refractivity contribution < 1.29 is 4.79 Å². The third kappa shape index (κ3) is 4.67. The van der Waals surface area contributed by atoms with E-state index in [1.165, 1.54) is 16.8 Å². The third-order valence-electron chi connectivity index (χ3n) is 5.98. The van der Waals surface area contributed by atoms with E-state index in [1.807, 2.05) is 17.3 Å². The number of nitrogens with one attached hydrogen (secondary N) is 2. The summed E-state index contributed by atoms with van der Waals surface area (Å²) in [6.45, 7) is 7.25. The number of aromatic nitrogens is 3. The summed E-state index contributed by atoms with van der Waals surface area (Å²) in [5.41, 5.74) is 4.44. The fourth-order valence-corrected chi connectivity index (χ4v) is 4.42. The zero-order chi connectivity index (χ0) is 20.1. The molecule has 4 rings (SSSR count). The van der Waals surface area contributed by atoms with Crippen LogP contribution in [0.4, 0.5) is 0 Å². The number of amides is 1. The minimum atomic E-state index is 0.107.